The Labute approximate surface area is 195 Å². The van der Waals surface area contributed by atoms with Gasteiger partial charge in [0.2, 0.25) is 0 Å². The molecule has 1 aliphatic rings. The second-order valence-electron chi connectivity index (χ2n) is 9.33. The van der Waals surface area contributed by atoms with Gasteiger partial charge in [-0.1, -0.05) is 95.5 Å². The second kappa shape index (κ2) is 20.3. The van der Waals surface area contributed by atoms with Gasteiger partial charge < -0.3 is 14.6 Å². The number of aliphatic hydroxyl groups is 1. The smallest absolute Gasteiger partial charge is 0.306 e. The Bertz CT molecular complexity index is 505. The van der Waals surface area contributed by atoms with E-state index in [0.29, 0.717) is 25.4 Å². The van der Waals surface area contributed by atoms with E-state index < -0.39 is 6.04 Å². The van der Waals surface area contributed by atoms with E-state index in [9.17, 15) is 9.90 Å². The van der Waals surface area contributed by atoms with Gasteiger partial charge in [0.05, 0.1) is 25.9 Å². The second-order valence-corrected chi connectivity index (χ2v) is 9.33. The van der Waals surface area contributed by atoms with Gasteiger partial charge in [0.25, 0.3) is 0 Å². The van der Waals surface area contributed by atoms with Crippen LogP contribution in [0.2, 0.25) is 0 Å². The van der Waals surface area contributed by atoms with Gasteiger partial charge in [-0.25, -0.2) is 0 Å². The molecule has 2 atom stereocenters. The molecule has 186 valence electrons. The van der Waals surface area contributed by atoms with Crippen LogP contribution in [0.3, 0.4) is 0 Å². The zero-order chi connectivity index (χ0) is 23.3. The predicted octanol–water partition coefficient (Wildman–Crippen LogP) is 6.87. The van der Waals surface area contributed by atoms with Crippen LogP contribution in [-0.4, -0.2) is 43.0 Å². The summed E-state index contributed by atoms with van der Waals surface area (Å²) < 4.78 is 11.4. The van der Waals surface area contributed by atoms with Crippen LogP contribution >= 0.6 is 0 Å². The van der Waals surface area contributed by atoms with E-state index in [1.807, 2.05) is 0 Å². The molecule has 1 saturated carbocycles. The molecular formula is C25H47N3O4. The number of nitrogens with zero attached hydrogens (tertiary/aromatic N) is 3. The number of hydrogen-bond donors (Lipinski definition) is 1. The molecular weight excluding hydrogens is 406 g/mol. The number of esters is 1. The fourth-order valence-corrected chi connectivity index (χ4v) is 4.47. The lowest BCUT2D eigenvalue weighted by molar-refractivity contribution is -0.151. The van der Waals surface area contributed by atoms with E-state index in [-0.39, 0.29) is 25.3 Å². The Kier molecular flexibility index (Phi) is 18.2. The SMILES string of the molecule is CCCCCCCCCCCC(=O)OC(CCOCC(CO)N=[N+]=[N-])CC1CCCCC1. The molecule has 32 heavy (non-hydrogen) atoms. The van der Waals surface area contributed by atoms with Crippen molar-refractivity contribution in [3.63, 3.8) is 0 Å². The summed E-state index contributed by atoms with van der Waals surface area (Å²) in [4.78, 5) is 15.1. The van der Waals surface area contributed by atoms with Crippen molar-refractivity contribution in [1.82, 2.24) is 0 Å². The third-order valence-electron chi connectivity index (χ3n) is 6.42. The molecule has 7 heteroatoms. The van der Waals surface area contributed by atoms with Crippen molar-refractivity contribution in [3.8, 4) is 0 Å². The molecule has 7 nitrogen and oxygen atoms in total. The third-order valence-corrected chi connectivity index (χ3v) is 6.42. The summed E-state index contributed by atoms with van der Waals surface area (Å²) in [6.07, 6.45) is 19.3. The molecule has 0 aliphatic heterocycles. The third kappa shape index (κ3) is 15.5. The number of ether oxygens (including phenoxy) is 2. The molecule has 0 bridgehead atoms. The zero-order valence-electron chi connectivity index (χ0n) is 20.4. The first kappa shape index (κ1) is 28.7. The quantitative estimate of drug-likeness (QED) is 0.0714. The molecule has 0 heterocycles. The number of rotatable bonds is 20. The van der Waals surface area contributed by atoms with Crippen LogP contribution in [-0.2, 0) is 14.3 Å². The average molecular weight is 454 g/mol. The Morgan fingerprint density at radius 2 is 1.72 bits per heavy atom. The molecule has 1 fully saturated rings. The lowest BCUT2D eigenvalue weighted by atomic mass is 9.85. The minimum atomic E-state index is -0.564. The molecule has 0 aromatic rings. The number of hydrogen-bond acceptors (Lipinski definition) is 5. The highest BCUT2D eigenvalue weighted by Gasteiger charge is 2.22. The monoisotopic (exact) mass is 453 g/mol. The van der Waals surface area contributed by atoms with E-state index in [4.69, 9.17) is 15.0 Å². The van der Waals surface area contributed by atoms with Crippen LogP contribution in [0.5, 0.6) is 0 Å². The summed E-state index contributed by atoms with van der Waals surface area (Å²) in [6, 6.07) is -0.564. The van der Waals surface area contributed by atoms with Crippen molar-refractivity contribution in [2.24, 2.45) is 11.0 Å². The van der Waals surface area contributed by atoms with Crippen molar-refractivity contribution >= 4 is 5.97 Å². The van der Waals surface area contributed by atoms with Gasteiger partial charge in [-0.3, -0.25) is 4.79 Å². The van der Waals surface area contributed by atoms with Crippen LogP contribution in [0.15, 0.2) is 5.11 Å². The highest BCUT2D eigenvalue weighted by Crippen LogP contribution is 2.29. The maximum absolute atomic E-state index is 12.4. The summed E-state index contributed by atoms with van der Waals surface area (Å²) in [7, 11) is 0. The minimum absolute atomic E-state index is 0.0870. The number of unbranched alkanes of at least 4 members (excludes halogenated alkanes) is 8. The van der Waals surface area contributed by atoms with E-state index in [1.165, 1.54) is 77.0 Å². The first-order chi connectivity index (χ1) is 15.7. The van der Waals surface area contributed by atoms with Crippen LogP contribution in [0.25, 0.3) is 10.4 Å². The van der Waals surface area contributed by atoms with Crippen molar-refractivity contribution in [2.45, 2.75) is 128 Å². The van der Waals surface area contributed by atoms with Crippen LogP contribution in [0.4, 0.5) is 0 Å². The molecule has 0 aromatic heterocycles. The largest absolute Gasteiger partial charge is 0.462 e. The Morgan fingerprint density at radius 3 is 2.34 bits per heavy atom. The number of azide groups is 1. The first-order valence-corrected chi connectivity index (χ1v) is 13.1. The molecule has 1 aliphatic carbocycles. The summed E-state index contributed by atoms with van der Waals surface area (Å²) in [5.74, 6) is 0.540. The van der Waals surface area contributed by atoms with Crippen molar-refractivity contribution in [2.75, 3.05) is 19.8 Å². The van der Waals surface area contributed by atoms with Gasteiger partial charge in [0.1, 0.15) is 6.10 Å². The summed E-state index contributed by atoms with van der Waals surface area (Å²) in [5.41, 5.74) is 8.49. The van der Waals surface area contributed by atoms with Gasteiger partial charge in [-0.05, 0) is 24.3 Å². The average Bonchev–Trinajstić information content (AvgIpc) is 2.80. The van der Waals surface area contributed by atoms with Gasteiger partial charge >= 0.3 is 5.97 Å². The summed E-state index contributed by atoms with van der Waals surface area (Å²) in [5, 5.41) is 12.7. The Morgan fingerprint density at radius 1 is 1.06 bits per heavy atom. The Balaban J connectivity index is 2.27. The molecule has 0 amide bonds. The van der Waals surface area contributed by atoms with Crippen molar-refractivity contribution in [1.29, 1.82) is 0 Å². The van der Waals surface area contributed by atoms with Crippen molar-refractivity contribution in [3.05, 3.63) is 10.4 Å². The van der Waals surface area contributed by atoms with Crippen LogP contribution in [0.1, 0.15) is 116 Å². The molecule has 0 saturated heterocycles. The normalized spacial score (nSPS) is 16.3. The standard InChI is InChI=1S/C25H47N3O4/c1-2-3-4-5-6-7-8-9-13-16-25(30)32-24(19-22-14-11-10-12-15-22)17-18-31-21-23(20-29)27-28-26/h22-24,29H,2-21H2,1H3. The van der Waals surface area contributed by atoms with Crippen molar-refractivity contribution < 1.29 is 19.4 Å². The number of aliphatic hydroxyl groups excluding tert-OH is 1. The van der Waals surface area contributed by atoms with Gasteiger partial charge in [-0.2, -0.15) is 0 Å². The summed E-state index contributed by atoms with van der Waals surface area (Å²) >= 11 is 0. The molecule has 2 unspecified atom stereocenters. The number of carbonyl (C=O) groups is 1. The maximum Gasteiger partial charge on any atom is 0.306 e. The molecule has 0 radical (unpaired) electrons. The van der Waals surface area contributed by atoms with E-state index >= 15 is 0 Å². The zero-order valence-corrected chi connectivity index (χ0v) is 20.4. The van der Waals surface area contributed by atoms with Gasteiger partial charge in [-0.15, -0.1) is 0 Å². The molecule has 0 aromatic carbocycles. The molecule has 0 spiro atoms. The maximum atomic E-state index is 12.4. The van der Waals surface area contributed by atoms with Gasteiger partial charge in [0.15, 0.2) is 0 Å². The fourth-order valence-electron chi connectivity index (χ4n) is 4.47. The lowest BCUT2D eigenvalue weighted by Gasteiger charge is -2.26. The Hall–Kier alpha value is -1.30. The highest BCUT2D eigenvalue weighted by molar-refractivity contribution is 5.69. The first-order valence-electron chi connectivity index (χ1n) is 13.1. The topological polar surface area (TPSA) is 105 Å². The minimum Gasteiger partial charge on any atom is -0.462 e. The van der Waals surface area contributed by atoms with E-state index in [2.05, 4.69) is 16.9 Å². The highest BCUT2D eigenvalue weighted by atomic mass is 16.5. The van der Waals surface area contributed by atoms with Gasteiger partial charge in [0, 0.05) is 17.8 Å². The lowest BCUT2D eigenvalue weighted by Crippen LogP contribution is -2.25. The van der Waals surface area contributed by atoms with E-state index in [0.717, 1.165) is 19.3 Å². The fraction of sp³-hybridized carbons (Fsp3) is 0.960. The molecule has 1 rings (SSSR count). The van der Waals surface area contributed by atoms with Crippen LogP contribution in [0, 0.1) is 5.92 Å². The van der Waals surface area contributed by atoms with E-state index in [1.54, 1.807) is 0 Å². The summed E-state index contributed by atoms with van der Waals surface area (Å²) in [6.45, 7) is 2.62. The van der Waals surface area contributed by atoms with Crippen LogP contribution < -0.4 is 0 Å². The predicted molar refractivity (Wildman–Crippen MR) is 128 cm³/mol. The molecule has 1 N–H and O–H groups in total. The number of carbonyl (C=O) groups excluding carboxylic acids is 1.